The van der Waals surface area contributed by atoms with Gasteiger partial charge < -0.3 is 0 Å². The lowest BCUT2D eigenvalue weighted by Gasteiger charge is -2.24. The molecule has 1 aliphatic rings. The molecular formula is C37H50. The molecule has 37 heavy (non-hydrogen) atoms. The summed E-state index contributed by atoms with van der Waals surface area (Å²) in [6.45, 7) is 29.6. The fourth-order valence-electron chi connectivity index (χ4n) is 5.51. The van der Waals surface area contributed by atoms with E-state index in [9.17, 15) is 0 Å². The molecule has 1 unspecified atom stereocenters. The summed E-state index contributed by atoms with van der Waals surface area (Å²) >= 11 is 0. The Hall–Kier alpha value is -2.60. The highest BCUT2D eigenvalue weighted by Crippen LogP contribution is 2.39. The highest BCUT2D eigenvalue weighted by molar-refractivity contribution is 5.66. The second kappa shape index (κ2) is 11.4. The van der Waals surface area contributed by atoms with Gasteiger partial charge in [-0.25, -0.2) is 0 Å². The zero-order valence-corrected chi connectivity index (χ0v) is 25.0. The van der Waals surface area contributed by atoms with Crippen LogP contribution in [0, 0.1) is 22.7 Å². The molecule has 2 aromatic rings. The maximum atomic E-state index is 4.60. The van der Waals surface area contributed by atoms with Gasteiger partial charge >= 0.3 is 0 Å². The van der Waals surface area contributed by atoms with Crippen molar-refractivity contribution in [3.05, 3.63) is 107 Å². The molecule has 0 heterocycles. The van der Waals surface area contributed by atoms with Gasteiger partial charge in [0.25, 0.3) is 0 Å². The van der Waals surface area contributed by atoms with Crippen LogP contribution in [0.3, 0.4) is 0 Å². The molecule has 0 spiro atoms. The van der Waals surface area contributed by atoms with E-state index in [0.29, 0.717) is 17.8 Å². The van der Waals surface area contributed by atoms with E-state index in [1.54, 1.807) is 0 Å². The van der Waals surface area contributed by atoms with Gasteiger partial charge in [-0.3, -0.25) is 0 Å². The standard InChI is InChI=1S/C37H50/c1-25(2)28(5)31-15-17-32(18-16-31)35-14-12-13-34(35)27(4)19-26(3)33-21-29(23-36(6,7)8)20-30(22-33)24-37(9,10)11/h12-18,20-22,25,27,35H,3,5,19,23-24H2,1-2,4,6-11H3/t27-,35?/m1/s1. The Morgan fingerprint density at radius 3 is 1.81 bits per heavy atom. The van der Waals surface area contributed by atoms with Gasteiger partial charge in [-0.05, 0) is 80.9 Å². The van der Waals surface area contributed by atoms with E-state index in [1.165, 1.54) is 44.5 Å². The summed E-state index contributed by atoms with van der Waals surface area (Å²) in [4.78, 5) is 0. The van der Waals surface area contributed by atoms with E-state index in [1.807, 2.05) is 0 Å². The van der Waals surface area contributed by atoms with E-state index < -0.39 is 0 Å². The van der Waals surface area contributed by atoms with E-state index in [-0.39, 0.29) is 10.8 Å². The SMILES string of the molecule is C=C(C[C@@H](C)C1=CC=CC1c1ccc(C(=C)C(C)C)cc1)c1cc(CC(C)(C)C)cc(CC(C)(C)C)c1. The third-order valence-corrected chi connectivity index (χ3v) is 7.34. The summed E-state index contributed by atoms with van der Waals surface area (Å²) in [6, 6.07) is 16.3. The lowest BCUT2D eigenvalue weighted by Crippen LogP contribution is -2.13. The van der Waals surface area contributed by atoms with Crippen LogP contribution in [0.4, 0.5) is 0 Å². The maximum absolute atomic E-state index is 4.60. The molecule has 0 saturated heterocycles. The molecule has 1 aliphatic carbocycles. The first kappa shape index (κ1) is 29.0. The molecule has 198 valence electrons. The summed E-state index contributed by atoms with van der Waals surface area (Å²) < 4.78 is 0. The molecule has 0 bridgehead atoms. The van der Waals surface area contributed by atoms with Crippen molar-refractivity contribution >= 4 is 11.1 Å². The molecule has 3 rings (SSSR count). The smallest absolute Gasteiger partial charge is 0.0237 e. The minimum atomic E-state index is 0.261. The van der Waals surface area contributed by atoms with E-state index in [0.717, 1.165) is 19.3 Å². The third-order valence-electron chi connectivity index (χ3n) is 7.34. The second-order valence-corrected chi connectivity index (χ2v) is 14.1. The Labute approximate surface area is 228 Å². The molecule has 0 N–H and O–H groups in total. The van der Waals surface area contributed by atoms with E-state index >= 15 is 0 Å². The highest BCUT2D eigenvalue weighted by atomic mass is 14.3. The summed E-state index contributed by atoms with van der Waals surface area (Å²) in [5, 5.41) is 0. The average molecular weight is 495 g/mol. The van der Waals surface area contributed by atoms with Gasteiger partial charge in [0.05, 0.1) is 0 Å². The number of rotatable bonds is 9. The molecule has 0 aliphatic heterocycles. The first-order valence-electron chi connectivity index (χ1n) is 14.1. The normalized spacial score (nSPS) is 16.7. The Morgan fingerprint density at radius 2 is 1.32 bits per heavy atom. The first-order chi connectivity index (χ1) is 17.1. The molecule has 2 atom stereocenters. The van der Waals surface area contributed by atoms with Crippen molar-refractivity contribution < 1.29 is 0 Å². The van der Waals surface area contributed by atoms with Gasteiger partial charge in [-0.15, -0.1) is 0 Å². The number of hydrogen-bond donors (Lipinski definition) is 0. The van der Waals surface area contributed by atoms with Crippen LogP contribution < -0.4 is 0 Å². The van der Waals surface area contributed by atoms with Crippen molar-refractivity contribution in [2.75, 3.05) is 0 Å². The van der Waals surface area contributed by atoms with Crippen LogP contribution in [0.5, 0.6) is 0 Å². The van der Waals surface area contributed by atoms with Gasteiger partial charge in [0.1, 0.15) is 0 Å². The molecule has 0 amide bonds. The first-order valence-corrected chi connectivity index (χ1v) is 14.1. The summed E-state index contributed by atoms with van der Waals surface area (Å²) in [7, 11) is 0. The molecule has 0 heteroatoms. The number of allylic oxidation sites excluding steroid dienone is 6. The molecule has 0 nitrogen and oxygen atoms in total. The van der Waals surface area contributed by atoms with Crippen molar-refractivity contribution in [1.29, 1.82) is 0 Å². The van der Waals surface area contributed by atoms with Gasteiger partial charge in [0.2, 0.25) is 0 Å². The maximum Gasteiger partial charge on any atom is 0.0237 e. The van der Waals surface area contributed by atoms with Crippen LogP contribution in [0.15, 0.2) is 79.4 Å². The quantitative estimate of drug-likeness (QED) is 0.325. The van der Waals surface area contributed by atoms with Gasteiger partial charge in [0, 0.05) is 5.92 Å². The third kappa shape index (κ3) is 8.19. The molecule has 0 fully saturated rings. The molecule has 0 saturated carbocycles. The van der Waals surface area contributed by atoms with Gasteiger partial charge in [0.15, 0.2) is 0 Å². The highest BCUT2D eigenvalue weighted by Gasteiger charge is 2.23. The van der Waals surface area contributed by atoms with Crippen LogP contribution >= 0.6 is 0 Å². The Kier molecular flexibility index (Phi) is 8.94. The summed E-state index contributed by atoms with van der Waals surface area (Å²) in [5.74, 6) is 1.23. The lowest BCUT2D eigenvalue weighted by molar-refractivity contribution is 0.405. The van der Waals surface area contributed by atoms with Crippen LogP contribution in [-0.2, 0) is 12.8 Å². The predicted octanol–water partition coefficient (Wildman–Crippen LogP) is 10.9. The lowest BCUT2D eigenvalue weighted by atomic mass is 9.80. The Morgan fingerprint density at radius 1 is 0.784 bits per heavy atom. The minimum Gasteiger partial charge on any atom is -0.0952 e. The monoisotopic (exact) mass is 494 g/mol. The van der Waals surface area contributed by atoms with Crippen LogP contribution in [-0.4, -0.2) is 0 Å². The average Bonchev–Trinajstić information content (AvgIpc) is 3.26. The fraction of sp³-hybridized carbons (Fsp3) is 0.459. The second-order valence-electron chi connectivity index (χ2n) is 14.1. The Bertz CT molecular complexity index is 1130. The number of benzene rings is 2. The fourth-order valence-corrected chi connectivity index (χ4v) is 5.51. The topological polar surface area (TPSA) is 0 Å². The minimum absolute atomic E-state index is 0.261. The van der Waals surface area contributed by atoms with Crippen molar-refractivity contribution in [3.63, 3.8) is 0 Å². The molecule has 2 aromatic carbocycles. The zero-order chi connectivity index (χ0) is 27.5. The molecular weight excluding hydrogens is 444 g/mol. The van der Waals surface area contributed by atoms with Gasteiger partial charge in [-0.2, -0.15) is 0 Å². The molecule has 0 aromatic heterocycles. The summed E-state index contributed by atoms with van der Waals surface area (Å²) in [5.41, 5.74) is 11.2. The number of hydrogen-bond acceptors (Lipinski definition) is 0. The summed E-state index contributed by atoms with van der Waals surface area (Å²) in [6.07, 6.45) is 10.0. The zero-order valence-electron chi connectivity index (χ0n) is 25.0. The van der Waals surface area contributed by atoms with Crippen LogP contribution in [0.25, 0.3) is 11.1 Å². The van der Waals surface area contributed by atoms with Crippen LogP contribution in [0.1, 0.15) is 102 Å². The van der Waals surface area contributed by atoms with Crippen molar-refractivity contribution in [2.45, 2.75) is 87.5 Å². The predicted molar refractivity (Wildman–Crippen MR) is 166 cm³/mol. The van der Waals surface area contributed by atoms with Crippen LogP contribution in [0.2, 0.25) is 0 Å². The van der Waals surface area contributed by atoms with Crippen molar-refractivity contribution in [3.8, 4) is 0 Å². The van der Waals surface area contributed by atoms with Crippen molar-refractivity contribution in [2.24, 2.45) is 22.7 Å². The van der Waals surface area contributed by atoms with E-state index in [4.69, 9.17) is 0 Å². The van der Waals surface area contributed by atoms with E-state index in [2.05, 4.69) is 136 Å². The van der Waals surface area contributed by atoms with Gasteiger partial charge in [-0.1, -0.05) is 142 Å². The molecule has 0 radical (unpaired) electrons. The largest absolute Gasteiger partial charge is 0.0952 e. The van der Waals surface area contributed by atoms with Crippen molar-refractivity contribution in [1.82, 2.24) is 0 Å². The Balaban J connectivity index is 1.79.